The molecule has 1 aliphatic heterocycles. The van der Waals surface area contributed by atoms with Crippen LogP contribution in [0.2, 0.25) is 0 Å². The molecule has 2 heterocycles. The lowest BCUT2D eigenvalue weighted by Gasteiger charge is -2.61. The van der Waals surface area contributed by atoms with Crippen LogP contribution in [0.1, 0.15) is 65.9 Å². The van der Waals surface area contributed by atoms with Crippen LogP contribution in [0.15, 0.2) is 51.2 Å². The van der Waals surface area contributed by atoms with Gasteiger partial charge in [-0.2, -0.15) is 0 Å². The molecule has 2 aliphatic carbocycles. The van der Waals surface area contributed by atoms with E-state index < -0.39 is 5.60 Å². The fourth-order valence-corrected chi connectivity index (χ4v) is 6.86. The van der Waals surface area contributed by atoms with E-state index in [-0.39, 0.29) is 28.5 Å². The maximum atomic E-state index is 13.1. The summed E-state index contributed by atoms with van der Waals surface area (Å²) in [7, 11) is 0. The van der Waals surface area contributed by atoms with Crippen LogP contribution in [0.3, 0.4) is 0 Å². The molecule has 5 heteroatoms. The number of rotatable bonds is 2. The van der Waals surface area contributed by atoms with Gasteiger partial charge in [0.2, 0.25) is 0 Å². The number of hydrogen-bond acceptors (Lipinski definition) is 5. The minimum atomic E-state index is -0.482. The zero-order chi connectivity index (χ0) is 23.6. The van der Waals surface area contributed by atoms with E-state index in [1.165, 1.54) is 6.92 Å². The van der Waals surface area contributed by atoms with Gasteiger partial charge in [-0.05, 0) is 55.6 Å². The number of esters is 1. The molecule has 174 valence electrons. The number of hydrogen-bond donors (Lipinski definition) is 0. The third-order valence-corrected chi connectivity index (χ3v) is 8.46. The molecular weight excluding hydrogens is 416 g/mol. The Labute approximate surface area is 194 Å². The van der Waals surface area contributed by atoms with Gasteiger partial charge in [0, 0.05) is 24.0 Å². The van der Waals surface area contributed by atoms with Crippen molar-refractivity contribution in [2.45, 2.75) is 72.0 Å². The van der Waals surface area contributed by atoms with Gasteiger partial charge in [0.1, 0.15) is 28.8 Å². The van der Waals surface area contributed by atoms with Crippen molar-refractivity contribution in [2.24, 2.45) is 16.7 Å². The van der Waals surface area contributed by atoms with Crippen molar-refractivity contribution in [2.75, 3.05) is 0 Å². The van der Waals surface area contributed by atoms with Crippen LogP contribution in [0.4, 0.5) is 0 Å². The van der Waals surface area contributed by atoms with Crippen molar-refractivity contribution in [3.63, 3.8) is 0 Å². The zero-order valence-corrected chi connectivity index (χ0v) is 20.1. The van der Waals surface area contributed by atoms with Crippen LogP contribution in [-0.2, 0) is 9.53 Å². The summed E-state index contributed by atoms with van der Waals surface area (Å²) in [5.74, 6) is 1.19. The summed E-state index contributed by atoms with van der Waals surface area (Å²) in [4.78, 5) is 24.8. The van der Waals surface area contributed by atoms with Crippen molar-refractivity contribution in [1.82, 2.24) is 0 Å². The highest BCUT2D eigenvalue weighted by molar-refractivity contribution is 5.69. The number of ether oxygens (including phenoxy) is 2. The van der Waals surface area contributed by atoms with E-state index in [0.29, 0.717) is 23.0 Å². The molecule has 0 N–H and O–H groups in total. The first-order valence-electron chi connectivity index (χ1n) is 11.9. The normalized spacial score (nSPS) is 31.8. The number of carbonyl (C=O) groups is 1. The molecule has 33 heavy (non-hydrogen) atoms. The summed E-state index contributed by atoms with van der Waals surface area (Å²) >= 11 is 0. The molecule has 4 atom stereocenters. The topological polar surface area (TPSA) is 65.7 Å². The summed E-state index contributed by atoms with van der Waals surface area (Å²) < 4.78 is 18.1. The van der Waals surface area contributed by atoms with Crippen LogP contribution in [0, 0.1) is 16.7 Å². The molecule has 1 aromatic heterocycles. The molecule has 0 amide bonds. The number of benzene rings is 1. The van der Waals surface area contributed by atoms with Crippen LogP contribution in [-0.4, -0.2) is 17.7 Å². The van der Waals surface area contributed by atoms with Gasteiger partial charge in [0.25, 0.3) is 0 Å². The molecule has 0 bridgehead atoms. The second kappa shape index (κ2) is 7.34. The van der Waals surface area contributed by atoms with E-state index in [9.17, 15) is 9.59 Å². The molecule has 2 fully saturated rings. The second-order valence-corrected chi connectivity index (χ2v) is 10.9. The minimum Gasteiger partial charge on any atom is -0.482 e. The van der Waals surface area contributed by atoms with E-state index in [1.54, 1.807) is 0 Å². The van der Waals surface area contributed by atoms with Crippen molar-refractivity contribution >= 4 is 12.0 Å². The van der Waals surface area contributed by atoms with E-state index in [1.807, 2.05) is 42.5 Å². The first-order valence-corrected chi connectivity index (χ1v) is 11.9. The molecule has 0 saturated heterocycles. The first-order chi connectivity index (χ1) is 15.5. The number of fused-ring (bicyclic) bond motifs is 4. The zero-order valence-electron chi connectivity index (χ0n) is 20.1. The third-order valence-electron chi connectivity index (χ3n) is 8.46. The van der Waals surface area contributed by atoms with Gasteiger partial charge in [-0.15, -0.1) is 0 Å². The molecule has 2 aromatic rings. The SMILES string of the molecule is CC(=O)O[C@H]1CC[C@]2(C)C3=Cc4c(cc(-c5ccccc5)oc4=O)O[C@]3(C)CC[C@H]2C1(C)C. The van der Waals surface area contributed by atoms with Crippen LogP contribution in [0.5, 0.6) is 5.75 Å². The van der Waals surface area contributed by atoms with Crippen LogP contribution < -0.4 is 10.4 Å². The second-order valence-electron chi connectivity index (χ2n) is 10.9. The van der Waals surface area contributed by atoms with Crippen LogP contribution >= 0.6 is 0 Å². The molecule has 2 saturated carbocycles. The Morgan fingerprint density at radius 2 is 1.79 bits per heavy atom. The fraction of sp³-hybridized carbons (Fsp3) is 0.500. The average Bonchev–Trinajstić information content (AvgIpc) is 2.75. The predicted octanol–water partition coefficient (Wildman–Crippen LogP) is 6.01. The summed E-state index contributed by atoms with van der Waals surface area (Å²) in [5, 5.41) is 0. The molecular formula is C28H32O5. The Morgan fingerprint density at radius 1 is 1.06 bits per heavy atom. The Balaban J connectivity index is 1.59. The Bertz CT molecular complexity index is 1190. The standard InChI is InChI=1S/C28H32O5/c1-17(29)31-24-12-13-27(4)22(26(24,2)3)11-14-28(5)23(27)15-19-21(33-28)16-20(32-25(19)30)18-9-7-6-8-10-18/h6-10,15-16,22,24H,11-14H2,1-5H3/t22-,24-,27-,28+/m0/s1. The van der Waals surface area contributed by atoms with Gasteiger partial charge in [-0.25, -0.2) is 4.79 Å². The Kier molecular flexibility index (Phi) is 4.89. The summed E-state index contributed by atoms with van der Waals surface area (Å²) in [6.45, 7) is 10.3. The van der Waals surface area contributed by atoms with Crippen molar-refractivity contribution < 1.29 is 18.7 Å². The lowest BCUT2D eigenvalue weighted by Crippen LogP contribution is -2.59. The molecule has 0 spiro atoms. The number of carbonyl (C=O) groups excluding carboxylic acids is 1. The van der Waals surface area contributed by atoms with Crippen molar-refractivity contribution in [3.05, 3.63) is 58.0 Å². The molecule has 3 aliphatic rings. The van der Waals surface area contributed by atoms with Gasteiger partial charge in [-0.3, -0.25) is 4.79 Å². The average molecular weight is 449 g/mol. The maximum Gasteiger partial charge on any atom is 0.347 e. The van der Waals surface area contributed by atoms with E-state index >= 15 is 0 Å². The summed E-state index contributed by atoms with van der Waals surface area (Å²) in [5.41, 5.74) is 1.31. The highest BCUT2D eigenvalue weighted by atomic mass is 16.5. The quantitative estimate of drug-likeness (QED) is 0.527. The Hall–Kier alpha value is -2.82. The molecule has 0 unspecified atom stereocenters. The lowest BCUT2D eigenvalue weighted by atomic mass is 9.46. The predicted molar refractivity (Wildman–Crippen MR) is 127 cm³/mol. The van der Waals surface area contributed by atoms with Crippen molar-refractivity contribution in [3.8, 4) is 17.1 Å². The monoisotopic (exact) mass is 448 g/mol. The summed E-state index contributed by atoms with van der Waals surface area (Å²) in [6.07, 6.45) is 5.42. The van der Waals surface area contributed by atoms with E-state index in [2.05, 4.69) is 27.7 Å². The van der Waals surface area contributed by atoms with Gasteiger partial charge in [-0.1, -0.05) is 51.1 Å². The van der Waals surface area contributed by atoms with Crippen molar-refractivity contribution in [1.29, 1.82) is 0 Å². The lowest BCUT2D eigenvalue weighted by molar-refractivity contribution is -0.170. The van der Waals surface area contributed by atoms with Gasteiger partial charge < -0.3 is 13.9 Å². The Morgan fingerprint density at radius 3 is 2.48 bits per heavy atom. The highest BCUT2D eigenvalue weighted by Gasteiger charge is 2.60. The molecule has 0 radical (unpaired) electrons. The maximum absolute atomic E-state index is 13.1. The largest absolute Gasteiger partial charge is 0.482 e. The molecule has 5 nitrogen and oxygen atoms in total. The van der Waals surface area contributed by atoms with Gasteiger partial charge in [0.05, 0.1) is 0 Å². The van der Waals surface area contributed by atoms with E-state index in [4.69, 9.17) is 13.9 Å². The molecule has 5 rings (SSSR count). The van der Waals surface area contributed by atoms with Gasteiger partial charge >= 0.3 is 11.6 Å². The third kappa shape index (κ3) is 3.35. The smallest absolute Gasteiger partial charge is 0.347 e. The van der Waals surface area contributed by atoms with Crippen LogP contribution in [0.25, 0.3) is 17.4 Å². The van der Waals surface area contributed by atoms with E-state index in [0.717, 1.165) is 36.8 Å². The summed E-state index contributed by atoms with van der Waals surface area (Å²) in [6, 6.07) is 11.5. The van der Waals surface area contributed by atoms with Gasteiger partial charge in [0.15, 0.2) is 0 Å². The minimum absolute atomic E-state index is 0.103. The molecule has 1 aromatic carbocycles. The fourth-order valence-electron chi connectivity index (χ4n) is 6.86. The highest BCUT2D eigenvalue weighted by Crippen LogP contribution is 2.64. The first kappa shape index (κ1) is 22.0.